The van der Waals surface area contributed by atoms with Crippen molar-refractivity contribution in [3.63, 3.8) is 0 Å². The smallest absolute Gasteiger partial charge is 0.328 e. The molecule has 0 aromatic carbocycles. The first-order valence-electron chi connectivity index (χ1n) is 5.78. The largest absolute Gasteiger partial charge is 0.362 e. The maximum absolute atomic E-state index is 11.6. The third-order valence-electron chi connectivity index (χ3n) is 2.37. The lowest BCUT2D eigenvalue weighted by molar-refractivity contribution is 0.723. The van der Waals surface area contributed by atoms with Crippen molar-refractivity contribution < 1.29 is 0 Å². The monoisotopic (exact) mass is 344 g/mol. The summed E-state index contributed by atoms with van der Waals surface area (Å²) in [5, 5.41) is 4.03. The van der Waals surface area contributed by atoms with E-state index in [1.165, 1.54) is 22.1 Å². The van der Waals surface area contributed by atoms with Crippen molar-refractivity contribution in [2.45, 2.75) is 19.9 Å². The number of aromatic nitrogens is 3. The second kappa shape index (κ2) is 6.16. The van der Waals surface area contributed by atoms with Crippen LogP contribution in [0, 0.1) is 0 Å². The predicted octanol–water partition coefficient (Wildman–Crippen LogP) is 1.63. The van der Waals surface area contributed by atoms with Gasteiger partial charge in [0.15, 0.2) is 5.13 Å². The van der Waals surface area contributed by atoms with E-state index in [9.17, 15) is 9.59 Å². The number of H-pyrrole nitrogens is 1. The van der Waals surface area contributed by atoms with Crippen molar-refractivity contribution in [1.82, 2.24) is 14.5 Å². The van der Waals surface area contributed by atoms with Crippen molar-refractivity contribution in [2.75, 3.05) is 11.9 Å². The number of rotatable bonds is 5. The molecule has 0 spiro atoms. The Morgan fingerprint density at radius 1 is 1.53 bits per heavy atom. The van der Waals surface area contributed by atoms with Crippen molar-refractivity contribution in [1.29, 1.82) is 0 Å². The maximum atomic E-state index is 11.6. The fourth-order valence-corrected chi connectivity index (χ4v) is 2.65. The number of hydrogen-bond acceptors (Lipinski definition) is 5. The Bertz CT molecular complexity index is 676. The molecule has 8 heteroatoms. The number of halogens is 1. The summed E-state index contributed by atoms with van der Waals surface area (Å²) >= 11 is 4.60. The first-order valence-corrected chi connectivity index (χ1v) is 7.39. The van der Waals surface area contributed by atoms with Crippen LogP contribution in [-0.4, -0.2) is 21.1 Å². The second-order valence-electron chi connectivity index (χ2n) is 3.92. The van der Waals surface area contributed by atoms with Gasteiger partial charge < -0.3 is 5.32 Å². The van der Waals surface area contributed by atoms with E-state index in [2.05, 4.69) is 38.1 Å². The highest BCUT2D eigenvalue weighted by Crippen LogP contribution is 2.18. The molecule has 2 aromatic rings. The first kappa shape index (κ1) is 14.0. The van der Waals surface area contributed by atoms with E-state index >= 15 is 0 Å². The summed E-state index contributed by atoms with van der Waals surface area (Å²) in [5.74, 6) is 0. The average molecular weight is 345 g/mol. The molecule has 0 saturated carbocycles. The molecule has 0 fully saturated rings. The van der Waals surface area contributed by atoms with Gasteiger partial charge in [0.05, 0.1) is 11.0 Å². The van der Waals surface area contributed by atoms with Crippen LogP contribution in [0.25, 0.3) is 0 Å². The SMILES string of the molecule is CCCNc1ncc(Cn2cc(Br)c(=O)[nH]c2=O)s1. The number of aromatic amines is 1. The van der Waals surface area contributed by atoms with E-state index in [0.29, 0.717) is 11.0 Å². The highest BCUT2D eigenvalue weighted by Gasteiger charge is 2.06. The number of thiazole rings is 1. The quantitative estimate of drug-likeness (QED) is 0.863. The Morgan fingerprint density at radius 3 is 3.05 bits per heavy atom. The summed E-state index contributed by atoms with van der Waals surface area (Å²) in [5.41, 5.74) is -0.847. The van der Waals surface area contributed by atoms with Crippen molar-refractivity contribution in [3.8, 4) is 0 Å². The number of nitrogens with one attached hydrogen (secondary N) is 2. The summed E-state index contributed by atoms with van der Waals surface area (Å²) in [6.07, 6.45) is 4.25. The molecule has 0 aliphatic carbocycles. The fourth-order valence-electron chi connectivity index (χ4n) is 1.46. The van der Waals surface area contributed by atoms with Crippen LogP contribution < -0.4 is 16.6 Å². The third-order valence-corrected chi connectivity index (χ3v) is 3.88. The van der Waals surface area contributed by atoms with Gasteiger partial charge in [-0.1, -0.05) is 6.92 Å². The number of nitrogens with zero attached hydrogens (tertiary/aromatic N) is 2. The molecule has 102 valence electrons. The lowest BCUT2D eigenvalue weighted by Gasteiger charge is -2.02. The minimum absolute atomic E-state index is 0.334. The standard InChI is InChI=1S/C11H13BrN4O2S/c1-2-3-13-10-14-4-7(19-10)5-16-6-8(12)9(17)15-11(16)18/h4,6H,2-3,5H2,1H3,(H,13,14)(H,15,17,18). The summed E-state index contributed by atoms with van der Waals surface area (Å²) in [4.78, 5) is 30.3. The molecule has 0 amide bonds. The van der Waals surface area contributed by atoms with Crippen LogP contribution in [0.3, 0.4) is 0 Å². The zero-order valence-electron chi connectivity index (χ0n) is 10.3. The van der Waals surface area contributed by atoms with Crippen LogP contribution in [0.4, 0.5) is 5.13 Å². The summed E-state index contributed by atoms with van der Waals surface area (Å²) in [7, 11) is 0. The molecule has 2 N–H and O–H groups in total. The molecule has 0 radical (unpaired) electrons. The Kier molecular flexibility index (Phi) is 4.54. The van der Waals surface area contributed by atoms with Crippen molar-refractivity contribution in [2.24, 2.45) is 0 Å². The first-order chi connectivity index (χ1) is 9.10. The van der Waals surface area contributed by atoms with E-state index in [1.807, 2.05) is 0 Å². The molecule has 0 atom stereocenters. The van der Waals surface area contributed by atoms with Crippen molar-refractivity contribution in [3.05, 3.63) is 42.6 Å². The van der Waals surface area contributed by atoms with E-state index in [-0.39, 0.29) is 0 Å². The molecule has 0 aliphatic heterocycles. The minimum Gasteiger partial charge on any atom is -0.362 e. The summed E-state index contributed by atoms with van der Waals surface area (Å²) in [6.45, 7) is 3.34. The summed E-state index contributed by atoms with van der Waals surface area (Å²) < 4.78 is 1.77. The predicted molar refractivity (Wildman–Crippen MR) is 79.0 cm³/mol. The lowest BCUT2D eigenvalue weighted by Crippen LogP contribution is -2.29. The molecule has 19 heavy (non-hydrogen) atoms. The molecule has 0 aliphatic rings. The maximum Gasteiger partial charge on any atom is 0.328 e. The van der Waals surface area contributed by atoms with E-state index in [4.69, 9.17) is 0 Å². The number of hydrogen-bond donors (Lipinski definition) is 2. The average Bonchev–Trinajstić information content (AvgIpc) is 2.81. The van der Waals surface area contributed by atoms with E-state index in [1.54, 1.807) is 6.20 Å². The highest BCUT2D eigenvalue weighted by molar-refractivity contribution is 9.10. The molecular weight excluding hydrogens is 332 g/mol. The van der Waals surface area contributed by atoms with Crippen LogP contribution in [0.1, 0.15) is 18.2 Å². The van der Waals surface area contributed by atoms with Gasteiger partial charge in [0.25, 0.3) is 5.56 Å². The Hall–Kier alpha value is -1.41. The van der Waals surface area contributed by atoms with Gasteiger partial charge in [0, 0.05) is 23.8 Å². The van der Waals surface area contributed by atoms with Gasteiger partial charge in [-0.2, -0.15) is 0 Å². The Labute approximate surface area is 121 Å². The van der Waals surface area contributed by atoms with Crippen LogP contribution in [0.15, 0.2) is 26.5 Å². The summed E-state index contributed by atoms with van der Waals surface area (Å²) in [6, 6.07) is 0. The zero-order valence-corrected chi connectivity index (χ0v) is 12.7. The van der Waals surface area contributed by atoms with Gasteiger partial charge in [0.1, 0.15) is 0 Å². The molecule has 2 heterocycles. The second-order valence-corrected chi connectivity index (χ2v) is 5.89. The lowest BCUT2D eigenvalue weighted by atomic mass is 10.5. The van der Waals surface area contributed by atoms with Crippen LogP contribution in [0.2, 0.25) is 0 Å². The Balaban J connectivity index is 2.17. The van der Waals surface area contributed by atoms with E-state index in [0.717, 1.165) is 23.0 Å². The molecule has 2 aromatic heterocycles. The van der Waals surface area contributed by atoms with Crippen LogP contribution >= 0.6 is 27.3 Å². The third kappa shape index (κ3) is 3.54. The van der Waals surface area contributed by atoms with Crippen LogP contribution in [-0.2, 0) is 6.54 Å². The van der Waals surface area contributed by atoms with Gasteiger partial charge >= 0.3 is 5.69 Å². The molecule has 0 unspecified atom stereocenters. The van der Waals surface area contributed by atoms with E-state index < -0.39 is 11.2 Å². The van der Waals surface area contributed by atoms with Crippen LogP contribution in [0.5, 0.6) is 0 Å². The molecular formula is C11H13BrN4O2S. The van der Waals surface area contributed by atoms with Crippen molar-refractivity contribution >= 4 is 32.4 Å². The fraction of sp³-hybridized carbons (Fsp3) is 0.364. The normalized spacial score (nSPS) is 10.6. The van der Waals surface area contributed by atoms with Gasteiger partial charge in [-0.3, -0.25) is 14.3 Å². The number of anilines is 1. The highest BCUT2D eigenvalue weighted by atomic mass is 79.9. The Morgan fingerprint density at radius 2 is 2.32 bits per heavy atom. The van der Waals surface area contributed by atoms with Gasteiger partial charge in [-0.25, -0.2) is 9.78 Å². The minimum atomic E-state index is -0.426. The van der Waals surface area contributed by atoms with Gasteiger partial charge in [-0.15, -0.1) is 11.3 Å². The molecule has 0 saturated heterocycles. The zero-order chi connectivity index (χ0) is 13.8. The molecule has 2 rings (SSSR count). The van der Waals surface area contributed by atoms with Gasteiger partial charge in [-0.05, 0) is 22.4 Å². The molecule has 0 bridgehead atoms. The topological polar surface area (TPSA) is 79.8 Å². The molecule has 6 nitrogen and oxygen atoms in total. The van der Waals surface area contributed by atoms with Gasteiger partial charge in [0.2, 0.25) is 0 Å².